The molecule has 0 radical (unpaired) electrons. The summed E-state index contributed by atoms with van der Waals surface area (Å²) in [6.07, 6.45) is -0.523. The summed E-state index contributed by atoms with van der Waals surface area (Å²) in [6.45, 7) is 7.90. The Morgan fingerprint density at radius 2 is 2.00 bits per heavy atom. The van der Waals surface area contributed by atoms with E-state index < -0.39 is 16.4 Å². The molecule has 3 N–H and O–H groups in total. The van der Waals surface area contributed by atoms with Crippen LogP contribution in [0.1, 0.15) is 33.3 Å². The first-order valence-electron chi connectivity index (χ1n) is 6.99. The molecule has 1 unspecified atom stereocenters. The van der Waals surface area contributed by atoms with Crippen LogP contribution < -0.4 is 5.32 Å². The first kappa shape index (κ1) is 17.4. The number of nitro groups is 1. The van der Waals surface area contributed by atoms with Gasteiger partial charge in [0.05, 0.1) is 17.6 Å². The van der Waals surface area contributed by atoms with Crippen molar-refractivity contribution in [1.82, 2.24) is 0 Å². The zero-order valence-electron chi connectivity index (χ0n) is 13.0. The van der Waals surface area contributed by atoms with Crippen molar-refractivity contribution >= 4 is 11.4 Å². The highest BCUT2D eigenvalue weighted by atomic mass is 16.6. The molecule has 0 aliphatic rings. The smallest absolute Gasteiger partial charge is 0.292 e. The quantitative estimate of drug-likeness (QED) is 0.531. The summed E-state index contributed by atoms with van der Waals surface area (Å²) >= 11 is 0. The zero-order valence-corrected chi connectivity index (χ0v) is 13.0. The van der Waals surface area contributed by atoms with Gasteiger partial charge in [0, 0.05) is 18.0 Å². The van der Waals surface area contributed by atoms with Gasteiger partial charge in [0.15, 0.2) is 0 Å². The number of anilines is 1. The number of rotatable bonds is 7. The van der Waals surface area contributed by atoms with Crippen LogP contribution in [-0.4, -0.2) is 27.8 Å². The van der Waals surface area contributed by atoms with Crippen molar-refractivity contribution < 1.29 is 15.1 Å². The summed E-state index contributed by atoms with van der Waals surface area (Å²) < 4.78 is 0. The van der Waals surface area contributed by atoms with Gasteiger partial charge in [-0.25, -0.2) is 0 Å². The van der Waals surface area contributed by atoms with Gasteiger partial charge < -0.3 is 15.5 Å². The molecule has 0 saturated heterocycles. The van der Waals surface area contributed by atoms with Gasteiger partial charge in [-0.15, -0.1) is 0 Å². The van der Waals surface area contributed by atoms with E-state index in [0.29, 0.717) is 17.8 Å². The van der Waals surface area contributed by atoms with Crippen LogP contribution in [0.2, 0.25) is 0 Å². The topological polar surface area (TPSA) is 95.6 Å². The van der Waals surface area contributed by atoms with E-state index in [-0.39, 0.29) is 18.2 Å². The maximum absolute atomic E-state index is 11.0. The van der Waals surface area contributed by atoms with Gasteiger partial charge in [-0.1, -0.05) is 27.7 Å². The number of nitro benzene ring substituents is 1. The van der Waals surface area contributed by atoms with Gasteiger partial charge >= 0.3 is 0 Å². The molecule has 21 heavy (non-hydrogen) atoms. The second-order valence-corrected chi connectivity index (χ2v) is 6.30. The number of benzene rings is 1. The van der Waals surface area contributed by atoms with Crippen LogP contribution in [0, 0.1) is 21.4 Å². The number of aliphatic hydroxyl groups is 2. The highest BCUT2D eigenvalue weighted by Gasteiger charge is 2.30. The highest BCUT2D eigenvalue weighted by Crippen LogP contribution is 2.30. The molecule has 118 valence electrons. The van der Waals surface area contributed by atoms with E-state index in [4.69, 9.17) is 5.11 Å². The van der Waals surface area contributed by atoms with Gasteiger partial charge in [-0.2, -0.15) is 0 Å². The number of aliphatic hydroxyl groups excluding tert-OH is 2. The van der Waals surface area contributed by atoms with Crippen molar-refractivity contribution in [2.45, 2.75) is 40.4 Å². The van der Waals surface area contributed by atoms with E-state index in [1.54, 1.807) is 6.07 Å². The molecule has 0 fully saturated rings. The minimum atomic E-state index is -0.523. The van der Waals surface area contributed by atoms with Crippen LogP contribution in [0.25, 0.3) is 0 Å². The molecule has 0 amide bonds. The van der Waals surface area contributed by atoms with E-state index in [1.165, 1.54) is 12.1 Å². The number of hydrogen-bond acceptors (Lipinski definition) is 5. The van der Waals surface area contributed by atoms with Gasteiger partial charge in [0.1, 0.15) is 5.69 Å². The molecule has 6 nitrogen and oxygen atoms in total. The fourth-order valence-electron chi connectivity index (χ4n) is 2.31. The molecule has 1 aromatic carbocycles. The molecular formula is C15H24N2O4. The Morgan fingerprint density at radius 1 is 1.38 bits per heavy atom. The molecule has 0 aliphatic heterocycles. The second kappa shape index (κ2) is 6.87. The Morgan fingerprint density at radius 3 is 2.48 bits per heavy atom. The first-order valence-corrected chi connectivity index (χ1v) is 6.99. The molecule has 1 atom stereocenters. The standard InChI is InChI=1S/C15H24N2O4/c1-10(2)14(19)15(3,4)9-16-12-7-11(8-18)5-6-13(12)17(20)21/h5-7,10,14,16,18-19H,8-9H2,1-4H3. The van der Waals surface area contributed by atoms with Crippen molar-refractivity contribution in [3.8, 4) is 0 Å². The second-order valence-electron chi connectivity index (χ2n) is 6.30. The van der Waals surface area contributed by atoms with Crippen LogP contribution in [0.4, 0.5) is 11.4 Å². The lowest BCUT2D eigenvalue weighted by Crippen LogP contribution is -2.39. The van der Waals surface area contributed by atoms with Gasteiger partial charge in [-0.3, -0.25) is 10.1 Å². The molecular weight excluding hydrogens is 272 g/mol. The average molecular weight is 296 g/mol. The molecule has 1 aromatic rings. The number of hydrogen-bond donors (Lipinski definition) is 3. The molecule has 1 rings (SSSR count). The molecule has 0 heterocycles. The SMILES string of the molecule is CC(C)C(O)C(C)(C)CNc1cc(CO)ccc1[N+](=O)[O-]. The summed E-state index contributed by atoms with van der Waals surface area (Å²) in [7, 11) is 0. The third kappa shape index (κ3) is 4.41. The predicted molar refractivity (Wildman–Crippen MR) is 82.1 cm³/mol. The predicted octanol–water partition coefficient (Wildman–Crippen LogP) is 2.54. The monoisotopic (exact) mass is 296 g/mol. The van der Waals surface area contributed by atoms with E-state index in [1.807, 2.05) is 27.7 Å². The maximum atomic E-state index is 11.0. The maximum Gasteiger partial charge on any atom is 0.292 e. The van der Waals surface area contributed by atoms with Crippen LogP contribution >= 0.6 is 0 Å². The van der Waals surface area contributed by atoms with Crippen molar-refractivity contribution in [3.05, 3.63) is 33.9 Å². The Kier molecular flexibility index (Phi) is 5.69. The summed E-state index contributed by atoms with van der Waals surface area (Å²) in [5.74, 6) is 0.0977. The molecule has 6 heteroatoms. The Balaban J connectivity index is 2.94. The van der Waals surface area contributed by atoms with E-state index in [0.717, 1.165) is 0 Å². The minimum absolute atomic E-state index is 0.0398. The summed E-state index contributed by atoms with van der Waals surface area (Å²) in [5, 5.41) is 33.4. The lowest BCUT2D eigenvalue weighted by atomic mass is 9.80. The van der Waals surface area contributed by atoms with Crippen molar-refractivity contribution in [2.75, 3.05) is 11.9 Å². The zero-order chi connectivity index (χ0) is 16.2. The van der Waals surface area contributed by atoms with Crippen LogP contribution in [0.5, 0.6) is 0 Å². The number of nitrogens with one attached hydrogen (secondary N) is 1. The van der Waals surface area contributed by atoms with Crippen LogP contribution in [0.3, 0.4) is 0 Å². The number of nitrogens with zero attached hydrogens (tertiary/aromatic N) is 1. The van der Waals surface area contributed by atoms with E-state index >= 15 is 0 Å². The molecule has 0 spiro atoms. The summed E-state index contributed by atoms with van der Waals surface area (Å²) in [5.41, 5.74) is 0.486. The molecule has 0 aliphatic carbocycles. The van der Waals surface area contributed by atoms with Crippen molar-refractivity contribution in [2.24, 2.45) is 11.3 Å². The Bertz CT molecular complexity index is 500. The Hall–Kier alpha value is -1.66. The van der Waals surface area contributed by atoms with Crippen LogP contribution in [0.15, 0.2) is 18.2 Å². The van der Waals surface area contributed by atoms with Gasteiger partial charge in [0.2, 0.25) is 0 Å². The molecule has 0 bridgehead atoms. The third-order valence-electron chi connectivity index (χ3n) is 3.61. The van der Waals surface area contributed by atoms with Gasteiger partial charge in [-0.05, 0) is 23.6 Å². The summed E-state index contributed by atoms with van der Waals surface area (Å²) in [6, 6.07) is 4.47. The van der Waals surface area contributed by atoms with E-state index in [9.17, 15) is 15.2 Å². The lowest BCUT2D eigenvalue weighted by molar-refractivity contribution is -0.384. The fraction of sp³-hybridized carbons (Fsp3) is 0.600. The minimum Gasteiger partial charge on any atom is -0.392 e. The van der Waals surface area contributed by atoms with Crippen molar-refractivity contribution in [3.63, 3.8) is 0 Å². The van der Waals surface area contributed by atoms with E-state index in [2.05, 4.69) is 5.32 Å². The van der Waals surface area contributed by atoms with Crippen LogP contribution in [-0.2, 0) is 6.61 Å². The lowest BCUT2D eigenvalue weighted by Gasteiger charge is -2.33. The Labute approximate surface area is 125 Å². The average Bonchev–Trinajstić information content (AvgIpc) is 2.43. The molecule has 0 saturated carbocycles. The van der Waals surface area contributed by atoms with Gasteiger partial charge in [0.25, 0.3) is 5.69 Å². The first-order chi connectivity index (χ1) is 9.69. The normalized spacial score (nSPS) is 13.3. The fourth-order valence-corrected chi connectivity index (χ4v) is 2.31. The summed E-state index contributed by atoms with van der Waals surface area (Å²) in [4.78, 5) is 10.6. The highest BCUT2D eigenvalue weighted by molar-refractivity contribution is 5.62. The molecule has 0 aromatic heterocycles. The largest absolute Gasteiger partial charge is 0.392 e. The van der Waals surface area contributed by atoms with Crippen molar-refractivity contribution in [1.29, 1.82) is 0 Å². The third-order valence-corrected chi connectivity index (χ3v) is 3.61.